The molecule has 0 aliphatic heterocycles. The fourth-order valence-corrected chi connectivity index (χ4v) is 2.21. The number of ether oxygens (including phenoxy) is 1. The lowest BCUT2D eigenvalue weighted by molar-refractivity contribution is 0.415. The molecule has 1 aromatic carbocycles. The molecule has 0 aliphatic carbocycles. The topological polar surface area (TPSA) is 53.1 Å². The van der Waals surface area contributed by atoms with Crippen LogP contribution in [0.15, 0.2) is 18.2 Å². The van der Waals surface area contributed by atoms with Crippen LogP contribution >= 0.6 is 0 Å². The first-order chi connectivity index (χ1) is 9.06. The summed E-state index contributed by atoms with van der Waals surface area (Å²) in [6.45, 7) is 7.46. The number of hydrogen-bond donors (Lipinski definition) is 1. The molecule has 0 radical (unpaired) electrons. The van der Waals surface area contributed by atoms with Gasteiger partial charge in [-0.1, -0.05) is 0 Å². The van der Waals surface area contributed by atoms with E-state index in [2.05, 4.69) is 37.1 Å². The molecule has 0 bridgehead atoms. The van der Waals surface area contributed by atoms with Crippen LogP contribution < -0.4 is 10.5 Å². The number of nitrogens with two attached hydrogens (primary N) is 1. The van der Waals surface area contributed by atoms with Gasteiger partial charge >= 0.3 is 0 Å². The Balaban J connectivity index is 2.60. The monoisotopic (exact) mass is 259 g/mol. The quantitative estimate of drug-likeness (QED) is 0.917. The second kappa shape index (κ2) is 5.45. The van der Waals surface area contributed by atoms with Crippen molar-refractivity contribution in [1.82, 2.24) is 9.78 Å². The third-order valence-electron chi connectivity index (χ3n) is 3.33. The number of methoxy groups -OCH3 is 1. The summed E-state index contributed by atoms with van der Waals surface area (Å²) in [5.41, 5.74) is 11.2. The van der Waals surface area contributed by atoms with Crippen LogP contribution in [0.5, 0.6) is 5.75 Å². The summed E-state index contributed by atoms with van der Waals surface area (Å²) in [7, 11) is 1.70. The molecule has 0 aliphatic rings. The predicted molar refractivity (Wildman–Crippen MR) is 77.5 cm³/mol. The molecule has 1 aromatic heterocycles. The number of aryl methyl sites for hydroxylation is 3. The Labute approximate surface area is 114 Å². The largest absolute Gasteiger partial charge is 0.496 e. The van der Waals surface area contributed by atoms with Gasteiger partial charge in [0, 0.05) is 12.1 Å². The number of rotatable bonds is 4. The molecule has 0 amide bonds. The molecular weight excluding hydrogens is 238 g/mol. The Kier molecular flexibility index (Phi) is 3.90. The van der Waals surface area contributed by atoms with Gasteiger partial charge in [0.15, 0.2) is 0 Å². The highest BCUT2D eigenvalue weighted by atomic mass is 16.5. The van der Waals surface area contributed by atoms with E-state index in [1.54, 1.807) is 7.11 Å². The smallest absolute Gasteiger partial charge is 0.128 e. The number of aromatic nitrogens is 2. The highest BCUT2D eigenvalue weighted by molar-refractivity contribution is 5.69. The van der Waals surface area contributed by atoms with Crippen molar-refractivity contribution in [2.75, 3.05) is 13.7 Å². The van der Waals surface area contributed by atoms with Gasteiger partial charge in [0.2, 0.25) is 0 Å². The van der Waals surface area contributed by atoms with Gasteiger partial charge in [0.1, 0.15) is 5.75 Å². The van der Waals surface area contributed by atoms with Crippen molar-refractivity contribution in [3.05, 3.63) is 35.0 Å². The van der Waals surface area contributed by atoms with E-state index in [4.69, 9.17) is 10.5 Å². The maximum Gasteiger partial charge on any atom is 0.128 e. The zero-order valence-electron chi connectivity index (χ0n) is 12.0. The van der Waals surface area contributed by atoms with Crippen molar-refractivity contribution >= 4 is 0 Å². The molecule has 0 spiro atoms. The second-order valence-electron chi connectivity index (χ2n) is 4.82. The van der Waals surface area contributed by atoms with Gasteiger partial charge < -0.3 is 10.5 Å². The van der Waals surface area contributed by atoms with Crippen LogP contribution in [0.4, 0.5) is 0 Å². The van der Waals surface area contributed by atoms with Crippen LogP contribution in [0.1, 0.15) is 16.8 Å². The molecule has 4 heteroatoms. The third-order valence-corrected chi connectivity index (χ3v) is 3.33. The van der Waals surface area contributed by atoms with Crippen molar-refractivity contribution in [3.63, 3.8) is 0 Å². The molecule has 0 atom stereocenters. The van der Waals surface area contributed by atoms with E-state index in [-0.39, 0.29) is 0 Å². The highest BCUT2D eigenvalue weighted by Crippen LogP contribution is 2.33. The minimum Gasteiger partial charge on any atom is -0.496 e. The minimum absolute atomic E-state index is 0.571. The molecule has 2 rings (SSSR count). The van der Waals surface area contributed by atoms with Crippen molar-refractivity contribution in [3.8, 4) is 17.0 Å². The summed E-state index contributed by atoms with van der Waals surface area (Å²) in [5.74, 6) is 0.876. The Bertz CT molecular complexity index is 587. The SMILES string of the molecule is COc1cc(C)c(C)cc1-c1cc(C)nn1CCN. The van der Waals surface area contributed by atoms with Gasteiger partial charge in [-0.3, -0.25) is 4.68 Å². The average Bonchev–Trinajstić information content (AvgIpc) is 2.73. The van der Waals surface area contributed by atoms with Gasteiger partial charge in [-0.2, -0.15) is 5.10 Å². The minimum atomic E-state index is 0.571. The lowest BCUT2D eigenvalue weighted by Crippen LogP contribution is -2.12. The lowest BCUT2D eigenvalue weighted by atomic mass is 10.0. The van der Waals surface area contributed by atoms with Crippen molar-refractivity contribution < 1.29 is 4.74 Å². The molecule has 19 heavy (non-hydrogen) atoms. The summed E-state index contributed by atoms with van der Waals surface area (Å²) in [6, 6.07) is 6.29. The standard InChI is InChI=1S/C15H21N3O/c1-10-7-13(15(19-4)8-11(10)2)14-9-12(3)17-18(14)6-5-16/h7-9H,5-6,16H2,1-4H3. The van der Waals surface area contributed by atoms with Gasteiger partial charge in [0.05, 0.1) is 25.0 Å². The normalized spacial score (nSPS) is 10.8. The molecule has 0 unspecified atom stereocenters. The Morgan fingerprint density at radius 1 is 1.16 bits per heavy atom. The molecule has 4 nitrogen and oxygen atoms in total. The van der Waals surface area contributed by atoms with E-state index < -0.39 is 0 Å². The predicted octanol–water partition coefficient (Wildman–Crippen LogP) is 2.44. The summed E-state index contributed by atoms with van der Waals surface area (Å²) in [5, 5.41) is 4.49. The van der Waals surface area contributed by atoms with Crippen LogP contribution in [-0.2, 0) is 6.54 Å². The van der Waals surface area contributed by atoms with Crippen molar-refractivity contribution in [2.24, 2.45) is 5.73 Å². The first kappa shape index (κ1) is 13.6. The molecule has 0 saturated carbocycles. The second-order valence-corrected chi connectivity index (χ2v) is 4.82. The highest BCUT2D eigenvalue weighted by Gasteiger charge is 2.13. The average molecular weight is 259 g/mol. The van der Waals surface area contributed by atoms with Gasteiger partial charge in [-0.05, 0) is 50.1 Å². The van der Waals surface area contributed by atoms with Gasteiger partial charge in [0.25, 0.3) is 0 Å². The van der Waals surface area contributed by atoms with E-state index in [9.17, 15) is 0 Å². The van der Waals surface area contributed by atoms with Crippen molar-refractivity contribution in [2.45, 2.75) is 27.3 Å². The summed E-state index contributed by atoms with van der Waals surface area (Å²) in [4.78, 5) is 0. The molecule has 0 saturated heterocycles. The molecule has 0 fully saturated rings. The fraction of sp³-hybridized carbons (Fsp3) is 0.400. The zero-order valence-corrected chi connectivity index (χ0v) is 12.0. The summed E-state index contributed by atoms with van der Waals surface area (Å²) in [6.07, 6.45) is 0. The third kappa shape index (κ3) is 2.63. The fourth-order valence-electron chi connectivity index (χ4n) is 2.21. The molecular formula is C15H21N3O. The maximum absolute atomic E-state index is 5.65. The molecule has 2 N–H and O–H groups in total. The first-order valence-electron chi connectivity index (χ1n) is 6.47. The number of benzene rings is 1. The van der Waals surface area contributed by atoms with E-state index in [1.165, 1.54) is 11.1 Å². The lowest BCUT2D eigenvalue weighted by Gasteiger charge is -2.13. The maximum atomic E-state index is 5.65. The Hall–Kier alpha value is -1.81. The summed E-state index contributed by atoms with van der Waals surface area (Å²) >= 11 is 0. The molecule has 102 valence electrons. The molecule has 1 heterocycles. The van der Waals surface area contributed by atoms with Crippen LogP contribution in [0, 0.1) is 20.8 Å². The van der Waals surface area contributed by atoms with Gasteiger partial charge in [-0.15, -0.1) is 0 Å². The van der Waals surface area contributed by atoms with Crippen molar-refractivity contribution in [1.29, 1.82) is 0 Å². The van der Waals surface area contributed by atoms with E-state index >= 15 is 0 Å². The van der Waals surface area contributed by atoms with E-state index in [1.807, 2.05) is 11.6 Å². The van der Waals surface area contributed by atoms with E-state index in [0.717, 1.165) is 22.7 Å². The van der Waals surface area contributed by atoms with E-state index in [0.29, 0.717) is 13.1 Å². The summed E-state index contributed by atoms with van der Waals surface area (Å²) < 4.78 is 7.45. The Morgan fingerprint density at radius 2 is 1.84 bits per heavy atom. The molecule has 2 aromatic rings. The number of hydrogen-bond acceptors (Lipinski definition) is 3. The first-order valence-corrected chi connectivity index (χ1v) is 6.47. The van der Waals surface area contributed by atoms with Crippen LogP contribution in [0.2, 0.25) is 0 Å². The van der Waals surface area contributed by atoms with Crippen LogP contribution in [0.3, 0.4) is 0 Å². The van der Waals surface area contributed by atoms with Crippen LogP contribution in [0.25, 0.3) is 11.3 Å². The van der Waals surface area contributed by atoms with Crippen LogP contribution in [-0.4, -0.2) is 23.4 Å². The van der Waals surface area contributed by atoms with Gasteiger partial charge in [-0.25, -0.2) is 0 Å². The number of nitrogens with zero attached hydrogens (tertiary/aromatic N) is 2. The Morgan fingerprint density at radius 3 is 2.47 bits per heavy atom. The zero-order chi connectivity index (χ0) is 14.0.